The van der Waals surface area contributed by atoms with Gasteiger partial charge in [0.05, 0.1) is 5.52 Å². The monoisotopic (exact) mass is 321 g/mol. The highest BCUT2D eigenvalue weighted by atomic mass is 79.9. The van der Waals surface area contributed by atoms with Crippen LogP contribution in [0.3, 0.4) is 0 Å². The molecule has 0 fully saturated rings. The number of fused-ring (bicyclic) bond motifs is 1. The Morgan fingerprint density at radius 1 is 1.08 bits per heavy atom. The second-order valence-electron chi connectivity index (χ2n) is 2.44. The quantitative estimate of drug-likeness (QED) is 0.663. The molecule has 1 heterocycles. The summed E-state index contributed by atoms with van der Waals surface area (Å²) >= 11 is 6.82. The van der Waals surface area contributed by atoms with Crippen molar-refractivity contribution in [1.29, 1.82) is 0 Å². The molecule has 2 rings (SSSR count). The average Bonchev–Trinajstić information content (AvgIpc) is 2.04. The van der Waals surface area contributed by atoms with Crippen LogP contribution >= 0.6 is 44.3 Å². The summed E-state index contributed by atoms with van der Waals surface area (Å²) in [5, 5.41) is 1.14. The van der Waals surface area contributed by atoms with E-state index >= 15 is 0 Å². The third-order valence-corrected chi connectivity index (χ3v) is 2.70. The minimum absolute atomic E-state index is 0. The van der Waals surface area contributed by atoms with Crippen molar-refractivity contribution in [2.24, 2.45) is 0 Å². The lowest BCUT2D eigenvalue weighted by atomic mass is 10.2. The van der Waals surface area contributed by atoms with E-state index in [0.717, 1.165) is 20.0 Å². The van der Waals surface area contributed by atoms with Crippen LogP contribution < -0.4 is 0 Å². The summed E-state index contributed by atoms with van der Waals surface area (Å²) in [5.74, 6) is 0. The van der Waals surface area contributed by atoms with Gasteiger partial charge in [0.1, 0.15) is 4.60 Å². The second-order valence-corrected chi connectivity index (χ2v) is 4.11. The van der Waals surface area contributed by atoms with Crippen LogP contribution in [-0.2, 0) is 0 Å². The van der Waals surface area contributed by atoms with Gasteiger partial charge in [-0.1, -0.05) is 18.2 Å². The predicted molar refractivity (Wildman–Crippen MR) is 64.4 cm³/mol. The van der Waals surface area contributed by atoms with Gasteiger partial charge >= 0.3 is 0 Å². The molecule has 13 heavy (non-hydrogen) atoms. The van der Waals surface area contributed by atoms with E-state index in [9.17, 15) is 0 Å². The van der Waals surface area contributed by atoms with Gasteiger partial charge in [-0.3, -0.25) is 0 Å². The van der Waals surface area contributed by atoms with Gasteiger partial charge in [0.15, 0.2) is 0 Å². The van der Waals surface area contributed by atoms with Crippen LogP contribution in [0.5, 0.6) is 0 Å². The first kappa shape index (κ1) is 11.0. The standard InChI is InChI=1S/C9H5Br2N.ClH/c10-7-5-9(11)12-8-4-2-1-3-6(7)8;/h1-5H;1H. The fourth-order valence-corrected chi connectivity index (χ4v) is 2.38. The first-order valence-electron chi connectivity index (χ1n) is 3.48. The molecule has 2 aromatic rings. The Hall–Kier alpha value is -0.120. The summed E-state index contributed by atoms with van der Waals surface area (Å²) < 4.78 is 1.92. The fourth-order valence-electron chi connectivity index (χ4n) is 1.10. The number of hydrogen-bond acceptors (Lipinski definition) is 1. The number of para-hydroxylation sites is 1. The van der Waals surface area contributed by atoms with Crippen LogP contribution in [0.2, 0.25) is 0 Å². The highest BCUT2D eigenvalue weighted by Crippen LogP contribution is 2.25. The van der Waals surface area contributed by atoms with Gasteiger partial charge in [0, 0.05) is 9.86 Å². The maximum absolute atomic E-state index is 4.32. The summed E-state index contributed by atoms with van der Waals surface area (Å²) in [7, 11) is 0. The first-order chi connectivity index (χ1) is 5.77. The molecule has 0 saturated carbocycles. The molecule has 0 aliphatic rings. The number of halogens is 3. The average molecular weight is 323 g/mol. The smallest absolute Gasteiger partial charge is 0.107 e. The Morgan fingerprint density at radius 3 is 2.54 bits per heavy atom. The zero-order valence-electron chi connectivity index (χ0n) is 6.50. The molecule has 0 bridgehead atoms. The highest BCUT2D eigenvalue weighted by Gasteiger charge is 1.99. The number of benzene rings is 1. The number of aromatic nitrogens is 1. The first-order valence-corrected chi connectivity index (χ1v) is 5.07. The summed E-state index contributed by atoms with van der Waals surface area (Å²) in [5.41, 5.74) is 0.999. The van der Waals surface area contributed by atoms with Crippen molar-refractivity contribution >= 4 is 55.2 Å². The van der Waals surface area contributed by atoms with Crippen LogP contribution in [0.15, 0.2) is 39.4 Å². The van der Waals surface area contributed by atoms with E-state index in [1.165, 1.54) is 0 Å². The number of rotatable bonds is 0. The maximum atomic E-state index is 4.32. The zero-order valence-corrected chi connectivity index (χ0v) is 10.5. The van der Waals surface area contributed by atoms with Gasteiger partial charge < -0.3 is 0 Å². The Morgan fingerprint density at radius 2 is 1.77 bits per heavy atom. The van der Waals surface area contributed by atoms with Crippen LogP contribution in [0.1, 0.15) is 0 Å². The number of pyridine rings is 1. The minimum atomic E-state index is 0. The molecule has 0 amide bonds. The summed E-state index contributed by atoms with van der Waals surface area (Å²) in [6, 6.07) is 9.96. The molecule has 4 heteroatoms. The van der Waals surface area contributed by atoms with E-state index in [0.29, 0.717) is 0 Å². The predicted octanol–water partition coefficient (Wildman–Crippen LogP) is 4.18. The van der Waals surface area contributed by atoms with E-state index in [1.807, 2.05) is 30.3 Å². The molecular formula is C9H6Br2ClN. The minimum Gasteiger partial charge on any atom is -0.241 e. The molecular weight excluding hydrogens is 317 g/mol. The van der Waals surface area contributed by atoms with E-state index in [4.69, 9.17) is 0 Å². The molecule has 0 aliphatic heterocycles. The largest absolute Gasteiger partial charge is 0.241 e. The molecule has 1 aromatic heterocycles. The van der Waals surface area contributed by atoms with Crippen LogP contribution in [0, 0.1) is 0 Å². The summed E-state index contributed by atoms with van der Waals surface area (Å²) in [6.07, 6.45) is 0. The Kier molecular flexibility index (Phi) is 3.71. The van der Waals surface area contributed by atoms with Crippen molar-refractivity contribution in [1.82, 2.24) is 4.98 Å². The van der Waals surface area contributed by atoms with Crippen molar-refractivity contribution in [3.63, 3.8) is 0 Å². The summed E-state index contributed by atoms with van der Waals surface area (Å²) in [6.45, 7) is 0. The maximum Gasteiger partial charge on any atom is 0.107 e. The molecule has 0 atom stereocenters. The Balaban J connectivity index is 0.000000845. The van der Waals surface area contributed by atoms with E-state index in [2.05, 4.69) is 36.8 Å². The number of hydrogen-bond donors (Lipinski definition) is 0. The van der Waals surface area contributed by atoms with Gasteiger partial charge in [-0.2, -0.15) is 0 Å². The molecule has 0 spiro atoms. The molecule has 0 saturated heterocycles. The SMILES string of the molecule is Brc1cc(Br)c2ccccc2n1.Cl. The lowest BCUT2D eigenvalue weighted by Crippen LogP contribution is -1.80. The van der Waals surface area contributed by atoms with Crippen molar-refractivity contribution in [3.8, 4) is 0 Å². The topological polar surface area (TPSA) is 12.9 Å². The number of nitrogens with zero attached hydrogens (tertiary/aromatic N) is 1. The highest BCUT2D eigenvalue weighted by molar-refractivity contribution is 9.11. The molecule has 0 unspecified atom stereocenters. The normalized spacial score (nSPS) is 9.69. The van der Waals surface area contributed by atoms with E-state index < -0.39 is 0 Å². The lowest BCUT2D eigenvalue weighted by Gasteiger charge is -1.99. The van der Waals surface area contributed by atoms with Gasteiger partial charge in [0.2, 0.25) is 0 Å². The third-order valence-electron chi connectivity index (χ3n) is 1.63. The molecule has 1 nitrogen and oxygen atoms in total. The molecule has 0 N–H and O–H groups in total. The zero-order chi connectivity index (χ0) is 8.55. The fraction of sp³-hybridized carbons (Fsp3) is 0. The van der Waals surface area contributed by atoms with Crippen molar-refractivity contribution < 1.29 is 0 Å². The van der Waals surface area contributed by atoms with Gasteiger partial charge in [-0.15, -0.1) is 12.4 Å². The van der Waals surface area contributed by atoms with Crippen LogP contribution in [0.4, 0.5) is 0 Å². The van der Waals surface area contributed by atoms with Crippen LogP contribution in [-0.4, -0.2) is 4.98 Å². The Bertz CT molecular complexity index is 431. The lowest BCUT2D eigenvalue weighted by molar-refractivity contribution is 1.34. The second kappa shape index (κ2) is 4.40. The molecule has 68 valence electrons. The van der Waals surface area contributed by atoms with E-state index in [1.54, 1.807) is 0 Å². The van der Waals surface area contributed by atoms with Crippen LogP contribution in [0.25, 0.3) is 10.9 Å². The van der Waals surface area contributed by atoms with E-state index in [-0.39, 0.29) is 12.4 Å². The third kappa shape index (κ3) is 2.22. The van der Waals surface area contributed by atoms with Crippen molar-refractivity contribution in [2.45, 2.75) is 0 Å². The summed E-state index contributed by atoms with van der Waals surface area (Å²) in [4.78, 5) is 4.32. The van der Waals surface area contributed by atoms with Gasteiger partial charge in [-0.05, 0) is 44.0 Å². The molecule has 0 radical (unpaired) electrons. The van der Waals surface area contributed by atoms with Crippen molar-refractivity contribution in [3.05, 3.63) is 39.4 Å². The molecule has 0 aliphatic carbocycles. The van der Waals surface area contributed by atoms with Crippen molar-refractivity contribution in [2.75, 3.05) is 0 Å². The van der Waals surface area contributed by atoms with Gasteiger partial charge in [-0.25, -0.2) is 4.98 Å². The molecule has 1 aromatic carbocycles. The Labute approximate surface area is 99.2 Å². The van der Waals surface area contributed by atoms with Gasteiger partial charge in [0.25, 0.3) is 0 Å².